The van der Waals surface area contributed by atoms with Crippen LogP contribution in [0.4, 0.5) is 0 Å². The lowest BCUT2D eigenvalue weighted by Crippen LogP contribution is -2.40. The van der Waals surface area contributed by atoms with Crippen molar-refractivity contribution < 1.29 is 4.74 Å². The van der Waals surface area contributed by atoms with Crippen LogP contribution in [0.25, 0.3) is 10.8 Å². The molecule has 2 nitrogen and oxygen atoms in total. The first-order valence-corrected chi connectivity index (χ1v) is 7.49. The summed E-state index contributed by atoms with van der Waals surface area (Å²) in [4.78, 5) is 0. The molecule has 0 bridgehead atoms. The van der Waals surface area contributed by atoms with Gasteiger partial charge in [0.2, 0.25) is 0 Å². The van der Waals surface area contributed by atoms with Crippen LogP contribution in [0, 0.1) is 5.41 Å². The van der Waals surface area contributed by atoms with Gasteiger partial charge in [0.15, 0.2) is 0 Å². The molecule has 20 heavy (non-hydrogen) atoms. The number of methoxy groups -OCH3 is 1. The van der Waals surface area contributed by atoms with Crippen molar-refractivity contribution in [1.82, 2.24) is 5.32 Å². The summed E-state index contributed by atoms with van der Waals surface area (Å²) in [7, 11) is 1.83. The Bertz CT molecular complexity index is 649. The van der Waals surface area contributed by atoms with E-state index in [-0.39, 0.29) is 0 Å². The van der Waals surface area contributed by atoms with Crippen LogP contribution in [0.2, 0.25) is 0 Å². The van der Waals surface area contributed by atoms with Crippen molar-refractivity contribution >= 4 is 10.8 Å². The van der Waals surface area contributed by atoms with E-state index in [1.165, 1.54) is 29.2 Å². The van der Waals surface area contributed by atoms with Gasteiger partial charge in [0.05, 0.1) is 6.61 Å². The van der Waals surface area contributed by atoms with E-state index in [0.29, 0.717) is 10.8 Å². The average molecular weight is 267 g/mol. The Morgan fingerprint density at radius 3 is 2.85 bits per heavy atom. The van der Waals surface area contributed by atoms with Crippen LogP contribution in [-0.2, 0) is 10.2 Å². The van der Waals surface area contributed by atoms with E-state index in [4.69, 9.17) is 4.74 Å². The Kier molecular flexibility index (Phi) is 2.66. The third-order valence-corrected chi connectivity index (χ3v) is 5.44. The van der Waals surface area contributed by atoms with Crippen molar-refractivity contribution in [2.24, 2.45) is 5.41 Å². The van der Waals surface area contributed by atoms with Crippen molar-refractivity contribution in [2.45, 2.75) is 18.3 Å². The van der Waals surface area contributed by atoms with Crippen LogP contribution >= 0.6 is 0 Å². The van der Waals surface area contributed by atoms with Crippen LogP contribution < -0.4 is 5.32 Å². The number of ether oxygens (including phenoxy) is 1. The molecule has 1 saturated carbocycles. The minimum atomic E-state index is 0.322. The van der Waals surface area contributed by atoms with E-state index in [2.05, 4.69) is 47.8 Å². The van der Waals surface area contributed by atoms with Crippen LogP contribution in [-0.4, -0.2) is 26.8 Å². The molecule has 1 aliphatic heterocycles. The van der Waals surface area contributed by atoms with Crippen molar-refractivity contribution in [2.75, 3.05) is 26.8 Å². The summed E-state index contributed by atoms with van der Waals surface area (Å²) in [5, 5.41) is 6.24. The fourth-order valence-corrected chi connectivity index (χ4v) is 4.30. The summed E-state index contributed by atoms with van der Waals surface area (Å²) in [6, 6.07) is 15.7. The van der Waals surface area contributed by atoms with E-state index in [0.717, 1.165) is 19.7 Å². The molecule has 0 amide bonds. The number of benzene rings is 2. The van der Waals surface area contributed by atoms with Gasteiger partial charge in [-0.1, -0.05) is 42.5 Å². The summed E-state index contributed by atoms with van der Waals surface area (Å²) in [6.07, 6.45) is 2.49. The molecule has 0 unspecified atom stereocenters. The second-order valence-corrected chi connectivity index (χ2v) is 6.46. The molecule has 0 spiro atoms. The van der Waals surface area contributed by atoms with Gasteiger partial charge in [0.25, 0.3) is 0 Å². The van der Waals surface area contributed by atoms with Gasteiger partial charge in [-0.25, -0.2) is 0 Å². The van der Waals surface area contributed by atoms with E-state index in [1.54, 1.807) is 0 Å². The summed E-state index contributed by atoms with van der Waals surface area (Å²) in [5.74, 6) is 0. The first kappa shape index (κ1) is 12.4. The predicted octanol–water partition coefficient (Wildman–Crippen LogP) is 3.11. The maximum atomic E-state index is 5.52. The van der Waals surface area contributed by atoms with Crippen molar-refractivity contribution in [3.05, 3.63) is 48.0 Å². The monoisotopic (exact) mass is 267 g/mol. The minimum absolute atomic E-state index is 0.322. The van der Waals surface area contributed by atoms with Crippen LogP contribution in [0.1, 0.15) is 18.4 Å². The fourth-order valence-electron chi connectivity index (χ4n) is 4.30. The first-order valence-electron chi connectivity index (χ1n) is 7.49. The minimum Gasteiger partial charge on any atom is -0.384 e. The van der Waals surface area contributed by atoms with E-state index in [1.807, 2.05) is 7.11 Å². The molecule has 2 aromatic rings. The van der Waals surface area contributed by atoms with Gasteiger partial charge in [0, 0.05) is 24.5 Å². The number of piperidine rings is 1. The molecule has 2 aliphatic rings. The largest absolute Gasteiger partial charge is 0.384 e. The number of nitrogens with one attached hydrogen (secondary N) is 1. The molecule has 0 aromatic heterocycles. The Morgan fingerprint density at radius 1 is 1.15 bits per heavy atom. The molecule has 1 heterocycles. The molecule has 0 radical (unpaired) electrons. The maximum absolute atomic E-state index is 5.52. The van der Waals surface area contributed by atoms with E-state index < -0.39 is 0 Å². The Balaban J connectivity index is 1.78. The van der Waals surface area contributed by atoms with Gasteiger partial charge < -0.3 is 10.1 Å². The Hall–Kier alpha value is -1.38. The quantitative estimate of drug-likeness (QED) is 0.922. The van der Waals surface area contributed by atoms with Gasteiger partial charge in [0.1, 0.15) is 0 Å². The highest BCUT2D eigenvalue weighted by molar-refractivity contribution is 5.83. The fraction of sp³-hybridized carbons (Fsp3) is 0.444. The second kappa shape index (κ2) is 4.31. The molecule has 1 saturated heterocycles. The second-order valence-electron chi connectivity index (χ2n) is 6.46. The zero-order chi connectivity index (χ0) is 13.6. The van der Waals surface area contributed by atoms with Crippen LogP contribution in [0.3, 0.4) is 0 Å². The highest BCUT2D eigenvalue weighted by Crippen LogP contribution is 2.67. The van der Waals surface area contributed by atoms with Crippen molar-refractivity contribution in [3.8, 4) is 0 Å². The smallest absolute Gasteiger partial charge is 0.0539 e. The van der Waals surface area contributed by atoms with Crippen molar-refractivity contribution in [1.29, 1.82) is 0 Å². The first-order chi connectivity index (χ1) is 9.80. The van der Waals surface area contributed by atoms with Gasteiger partial charge >= 0.3 is 0 Å². The summed E-state index contributed by atoms with van der Waals surface area (Å²) < 4.78 is 5.52. The van der Waals surface area contributed by atoms with Crippen LogP contribution in [0.15, 0.2) is 42.5 Å². The Labute approximate surface area is 120 Å². The number of hydrogen-bond acceptors (Lipinski definition) is 2. The molecule has 104 valence electrons. The molecule has 2 heteroatoms. The normalized spacial score (nSPS) is 32.0. The third-order valence-electron chi connectivity index (χ3n) is 5.44. The molecule has 1 N–H and O–H groups in total. The molecule has 2 aromatic carbocycles. The molecular formula is C18H21NO. The Morgan fingerprint density at radius 2 is 2.00 bits per heavy atom. The maximum Gasteiger partial charge on any atom is 0.0539 e. The summed E-state index contributed by atoms with van der Waals surface area (Å²) in [6.45, 7) is 3.08. The SMILES string of the molecule is COC[C@]12CNCC[C@@]1(c1ccc3ccccc3c1)C2. The molecular weight excluding hydrogens is 246 g/mol. The standard InChI is InChI=1S/C18H21NO/c1-20-13-17-11-18(17,8-9-19-12-17)16-7-6-14-4-2-3-5-15(14)10-16/h2-7,10,19H,8-9,11-13H2,1H3/t17-,18-/m0/s1. The lowest BCUT2D eigenvalue weighted by molar-refractivity contribution is 0.116. The summed E-state index contributed by atoms with van der Waals surface area (Å²) in [5.41, 5.74) is 2.18. The third kappa shape index (κ3) is 1.58. The number of hydrogen-bond donors (Lipinski definition) is 1. The van der Waals surface area contributed by atoms with Gasteiger partial charge in [-0.05, 0) is 35.7 Å². The zero-order valence-corrected chi connectivity index (χ0v) is 12.0. The lowest BCUT2D eigenvalue weighted by Gasteiger charge is -2.31. The van der Waals surface area contributed by atoms with Crippen molar-refractivity contribution in [3.63, 3.8) is 0 Å². The molecule has 2 fully saturated rings. The molecule has 4 rings (SSSR count). The topological polar surface area (TPSA) is 21.3 Å². The average Bonchev–Trinajstić information content (AvgIpc) is 3.17. The predicted molar refractivity (Wildman–Crippen MR) is 82.0 cm³/mol. The number of rotatable bonds is 3. The molecule has 2 atom stereocenters. The molecule has 1 aliphatic carbocycles. The van der Waals surface area contributed by atoms with Crippen LogP contribution in [0.5, 0.6) is 0 Å². The van der Waals surface area contributed by atoms with Gasteiger partial charge in [-0.15, -0.1) is 0 Å². The highest BCUT2D eigenvalue weighted by Gasteiger charge is 2.68. The van der Waals surface area contributed by atoms with Gasteiger partial charge in [-0.2, -0.15) is 0 Å². The summed E-state index contributed by atoms with van der Waals surface area (Å²) >= 11 is 0. The zero-order valence-electron chi connectivity index (χ0n) is 12.0. The number of fused-ring (bicyclic) bond motifs is 2. The highest BCUT2D eigenvalue weighted by atomic mass is 16.5. The van der Waals surface area contributed by atoms with E-state index >= 15 is 0 Å². The van der Waals surface area contributed by atoms with Gasteiger partial charge in [-0.3, -0.25) is 0 Å². The lowest BCUT2D eigenvalue weighted by atomic mass is 9.80. The van der Waals surface area contributed by atoms with E-state index in [9.17, 15) is 0 Å².